The maximum atomic E-state index is 12.7. The van der Waals surface area contributed by atoms with Crippen molar-refractivity contribution in [3.8, 4) is 5.75 Å². The van der Waals surface area contributed by atoms with Crippen LogP contribution in [0, 0.1) is 5.92 Å². The summed E-state index contributed by atoms with van der Waals surface area (Å²) >= 11 is 0. The van der Waals surface area contributed by atoms with Crippen molar-refractivity contribution in [1.82, 2.24) is 10.2 Å². The van der Waals surface area contributed by atoms with E-state index in [-0.39, 0.29) is 29.2 Å². The molecule has 1 aromatic carbocycles. The third-order valence-corrected chi connectivity index (χ3v) is 4.97. The molecule has 5 heteroatoms. The summed E-state index contributed by atoms with van der Waals surface area (Å²) in [6.45, 7) is 13.4. The van der Waals surface area contributed by atoms with Crippen LogP contribution in [-0.2, 0) is 15.0 Å². The Labute approximate surface area is 163 Å². The molecule has 1 fully saturated rings. The van der Waals surface area contributed by atoms with Crippen LogP contribution < -0.4 is 10.1 Å². The van der Waals surface area contributed by atoms with Crippen LogP contribution in [0.5, 0.6) is 5.75 Å². The van der Waals surface area contributed by atoms with Gasteiger partial charge in [-0.05, 0) is 56.7 Å². The van der Waals surface area contributed by atoms with Crippen molar-refractivity contribution in [1.29, 1.82) is 0 Å². The fraction of sp³-hybridized carbons (Fsp3) is 0.636. The average molecular weight is 375 g/mol. The molecule has 1 aromatic rings. The van der Waals surface area contributed by atoms with E-state index in [0.717, 1.165) is 5.75 Å². The quantitative estimate of drug-likeness (QED) is 0.858. The predicted molar refractivity (Wildman–Crippen MR) is 108 cm³/mol. The van der Waals surface area contributed by atoms with Crippen LogP contribution >= 0.6 is 0 Å². The summed E-state index contributed by atoms with van der Waals surface area (Å²) in [7, 11) is 0. The Morgan fingerprint density at radius 2 is 1.78 bits per heavy atom. The summed E-state index contributed by atoms with van der Waals surface area (Å²) in [6.07, 6.45) is 0.869. The predicted octanol–water partition coefficient (Wildman–Crippen LogP) is 3.51. The Hall–Kier alpha value is -2.04. The third-order valence-electron chi connectivity index (χ3n) is 4.97. The van der Waals surface area contributed by atoms with Gasteiger partial charge in [-0.15, -0.1) is 0 Å². The summed E-state index contributed by atoms with van der Waals surface area (Å²) in [4.78, 5) is 26.7. The van der Waals surface area contributed by atoms with Crippen molar-refractivity contribution in [3.63, 3.8) is 0 Å². The van der Waals surface area contributed by atoms with E-state index in [2.05, 4.69) is 32.2 Å². The number of hydrogen-bond acceptors (Lipinski definition) is 3. The van der Waals surface area contributed by atoms with E-state index in [4.69, 9.17) is 4.74 Å². The van der Waals surface area contributed by atoms with Gasteiger partial charge in [0, 0.05) is 25.0 Å². The lowest BCUT2D eigenvalue weighted by molar-refractivity contribution is -0.141. The van der Waals surface area contributed by atoms with Crippen molar-refractivity contribution in [3.05, 3.63) is 29.8 Å². The van der Waals surface area contributed by atoms with Crippen LogP contribution in [0.25, 0.3) is 0 Å². The Kier molecular flexibility index (Phi) is 6.90. The number of piperidine rings is 1. The number of nitrogens with zero attached hydrogens (tertiary/aromatic N) is 1. The lowest BCUT2D eigenvalue weighted by atomic mass is 9.87. The van der Waals surface area contributed by atoms with Gasteiger partial charge in [-0.2, -0.15) is 0 Å². The summed E-state index contributed by atoms with van der Waals surface area (Å²) < 4.78 is 5.92. The van der Waals surface area contributed by atoms with E-state index in [0.29, 0.717) is 25.9 Å². The lowest BCUT2D eigenvalue weighted by Gasteiger charge is -2.33. The van der Waals surface area contributed by atoms with Crippen molar-refractivity contribution in [2.24, 2.45) is 5.92 Å². The van der Waals surface area contributed by atoms with Crippen LogP contribution in [-0.4, -0.2) is 41.9 Å². The first kappa shape index (κ1) is 21.3. The molecule has 1 unspecified atom stereocenters. The van der Waals surface area contributed by atoms with Gasteiger partial charge in [-0.25, -0.2) is 0 Å². The van der Waals surface area contributed by atoms with Crippen LogP contribution in [0.2, 0.25) is 0 Å². The van der Waals surface area contributed by atoms with Gasteiger partial charge in [0.25, 0.3) is 5.91 Å². The van der Waals surface area contributed by atoms with E-state index in [1.54, 1.807) is 6.92 Å². The van der Waals surface area contributed by atoms with Gasteiger partial charge in [-0.3, -0.25) is 9.59 Å². The molecule has 1 aliphatic heterocycles. The second-order valence-electron chi connectivity index (χ2n) is 8.80. The Morgan fingerprint density at radius 1 is 1.15 bits per heavy atom. The first-order valence-corrected chi connectivity index (χ1v) is 9.94. The minimum atomic E-state index is -0.541. The highest BCUT2D eigenvalue weighted by molar-refractivity contribution is 5.82. The molecule has 0 spiro atoms. The first-order chi connectivity index (χ1) is 12.6. The minimum absolute atomic E-state index is 0.00357. The van der Waals surface area contributed by atoms with Crippen molar-refractivity contribution >= 4 is 11.8 Å². The van der Waals surface area contributed by atoms with E-state index in [9.17, 15) is 9.59 Å². The lowest BCUT2D eigenvalue weighted by Crippen LogP contribution is -2.47. The fourth-order valence-corrected chi connectivity index (χ4v) is 3.31. The number of amides is 2. The van der Waals surface area contributed by atoms with E-state index < -0.39 is 6.10 Å². The van der Waals surface area contributed by atoms with Crippen LogP contribution in [0.15, 0.2) is 24.3 Å². The highest BCUT2D eigenvalue weighted by Gasteiger charge is 2.30. The molecule has 5 nitrogen and oxygen atoms in total. The summed E-state index contributed by atoms with van der Waals surface area (Å²) in [5, 5.41) is 2.96. The van der Waals surface area contributed by atoms with Crippen LogP contribution in [0.4, 0.5) is 0 Å². The number of nitrogens with one attached hydrogen (secondary N) is 1. The summed E-state index contributed by atoms with van der Waals surface area (Å²) in [5.41, 5.74) is 1.21. The van der Waals surface area contributed by atoms with E-state index in [1.807, 2.05) is 36.9 Å². The molecule has 1 saturated heterocycles. The summed E-state index contributed by atoms with van der Waals surface area (Å²) in [6, 6.07) is 8.08. The topological polar surface area (TPSA) is 58.6 Å². The molecule has 0 radical (unpaired) electrons. The molecule has 1 N–H and O–H groups in total. The number of hydrogen-bond donors (Lipinski definition) is 1. The van der Waals surface area contributed by atoms with Crippen LogP contribution in [0.1, 0.15) is 59.9 Å². The number of ether oxygens (including phenoxy) is 1. The number of likely N-dealkylation sites (tertiary alicyclic amines) is 1. The molecule has 1 atom stereocenters. The second-order valence-corrected chi connectivity index (χ2v) is 8.80. The highest BCUT2D eigenvalue weighted by Crippen LogP contribution is 2.26. The van der Waals surface area contributed by atoms with E-state index >= 15 is 0 Å². The molecule has 0 aliphatic carbocycles. The number of carbonyl (C=O) groups excluding carboxylic acids is 2. The highest BCUT2D eigenvalue weighted by atomic mass is 16.5. The van der Waals surface area contributed by atoms with Crippen molar-refractivity contribution in [2.45, 2.75) is 71.9 Å². The average Bonchev–Trinajstić information content (AvgIpc) is 2.60. The Morgan fingerprint density at radius 3 is 2.33 bits per heavy atom. The Balaban J connectivity index is 1.90. The number of benzene rings is 1. The van der Waals surface area contributed by atoms with E-state index in [1.165, 1.54) is 5.56 Å². The van der Waals surface area contributed by atoms with Crippen molar-refractivity contribution < 1.29 is 14.3 Å². The summed E-state index contributed by atoms with van der Waals surface area (Å²) in [5.74, 6) is 0.796. The molecule has 1 aliphatic rings. The third kappa shape index (κ3) is 5.98. The molecule has 0 saturated carbocycles. The molecule has 27 heavy (non-hydrogen) atoms. The molecule has 2 rings (SSSR count). The SMILES string of the molecule is CC(C)NC(=O)C1CCN(C(=O)C(C)Oc2cccc(C(C)(C)C)c2)CC1. The van der Waals surface area contributed by atoms with Gasteiger partial charge < -0.3 is 15.0 Å². The number of rotatable bonds is 5. The molecular weight excluding hydrogens is 340 g/mol. The van der Waals surface area contributed by atoms with Gasteiger partial charge in [0.05, 0.1) is 0 Å². The minimum Gasteiger partial charge on any atom is -0.481 e. The smallest absolute Gasteiger partial charge is 0.263 e. The largest absolute Gasteiger partial charge is 0.481 e. The monoisotopic (exact) mass is 374 g/mol. The molecule has 150 valence electrons. The first-order valence-electron chi connectivity index (χ1n) is 9.94. The zero-order valence-corrected chi connectivity index (χ0v) is 17.5. The van der Waals surface area contributed by atoms with Gasteiger partial charge in [0.1, 0.15) is 5.75 Å². The van der Waals surface area contributed by atoms with Gasteiger partial charge in [-0.1, -0.05) is 32.9 Å². The van der Waals surface area contributed by atoms with Crippen molar-refractivity contribution in [2.75, 3.05) is 13.1 Å². The second kappa shape index (κ2) is 8.77. The zero-order chi connectivity index (χ0) is 20.2. The molecule has 1 heterocycles. The standard InChI is InChI=1S/C22H34N2O3/c1-15(2)23-20(25)17-10-12-24(13-11-17)21(26)16(3)27-19-9-7-8-18(14-19)22(4,5)6/h7-9,14-17H,10-13H2,1-6H3,(H,23,25). The maximum absolute atomic E-state index is 12.7. The van der Waals surface area contributed by atoms with Gasteiger partial charge >= 0.3 is 0 Å². The molecule has 0 bridgehead atoms. The maximum Gasteiger partial charge on any atom is 0.263 e. The molecular formula is C22H34N2O3. The molecule has 2 amide bonds. The normalized spacial score (nSPS) is 16.9. The molecule has 0 aromatic heterocycles. The van der Waals surface area contributed by atoms with Gasteiger partial charge in [0.15, 0.2) is 6.10 Å². The Bertz CT molecular complexity index is 656. The van der Waals surface area contributed by atoms with Crippen LogP contribution in [0.3, 0.4) is 0 Å². The number of carbonyl (C=O) groups is 2. The zero-order valence-electron chi connectivity index (χ0n) is 17.5. The van der Waals surface area contributed by atoms with Gasteiger partial charge in [0.2, 0.25) is 5.91 Å². The fourth-order valence-electron chi connectivity index (χ4n) is 3.31.